The second kappa shape index (κ2) is 20.0. The van der Waals surface area contributed by atoms with E-state index in [0.29, 0.717) is 48.5 Å². The Bertz CT molecular complexity index is 2770. The molecule has 3 saturated heterocycles. The summed E-state index contributed by atoms with van der Waals surface area (Å²) in [6.07, 6.45) is 15.9. The number of benzene rings is 2. The summed E-state index contributed by atoms with van der Waals surface area (Å²) in [5.74, 6) is 1.49. The molecule has 372 valence electrons. The van der Waals surface area contributed by atoms with E-state index in [2.05, 4.69) is 107 Å². The maximum absolute atomic E-state index is 13.8. The van der Waals surface area contributed by atoms with Gasteiger partial charge in [-0.1, -0.05) is 55.0 Å². The standard InChI is InChI=1S/C59H72N8O4/c1-36-28-53-50(59(5,6)58(71)67(53)52-16-18-56(69)63-57(52)70)30-46(36)35-64-25-26-66(38(3)33-64)34-41-9-7-40(8-10-41)29-54(68)44-13-11-42(12-14-44)43-20-23-65(24-21-43)39(4)48-31-49-47(45-15-17-55(60)62-32-45)19-22-61-51(49)27-37(48)2/h7,11-15,17,19,22,28,30-32,37-39,41,43,52H,8-10,16,18,20-21,23-27,29,33-35H2,1-6H3,(H2,60,62)(H,63,69,70)/t37?,38-,39?,41?,52?/m0/s1. The lowest BCUT2D eigenvalue weighted by Crippen LogP contribution is -2.55. The number of nitrogens with zero attached hydrogens (tertiary/aromatic N) is 6. The molecule has 2 aromatic carbocycles. The highest BCUT2D eigenvalue weighted by Crippen LogP contribution is 2.45. The predicted molar refractivity (Wildman–Crippen MR) is 281 cm³/mol. The number of fused-ring (bicyclic) bond motifs is 2. The van der Waals surface area contributed by atoms with Gasteiger partial charge in [0.15, 0.2) is 5.78 Å². The average molecular weight is 957 g/mol. The number of nitrogen functional groups attached to an aromatic ring is 1. The minimum atomic E-state index is -0.761. The molecule has 0 spiro atoms. The summed E-state index contributed by atoms with van der Waals surface area (Å²) in [5, 5.41) is 2.43. The Kier molecular flexibility index (Phi) is 13.7. The van der Waals surface area contributed by atoms with Crippen molar-refractivity contribution in [1.29, 1.82) is 0 Å². The Balaban J connectivity index is 0.680. The van der Waals surface area contributed by atoms with E-state index >= 15 is 0 Å². The van der Waals surface area contributed by atoms with Crippen molar-refractivity contribution in [3.8, 4) is 11.1 Å². The summed E-state index contributed by atoms with van der Waals surface area (Å²) < 4.78 is 0. The summed E-state index contributed by atoms with van der Waals surface area (Å²) in [5.41, 5.74) is 18.7. The highest BCUT2D eigenvalue weighted by molar-refractivity contribution is 6.13. The number of piperazine rings is 1. The zero-order valence-corrected chi connectivity index (χ0v) is 42.7. The van der Waals surface area contributed by atoms with Crippen LogP contribution < -0.4 is 16.0 Å². The highest BCUT2D eigenvalue weighted by atomic mass is 16.2. The smallest absolute Gasteiger partial charge is 0.249 e. The largest absolute Gasteiger partial charge is 0.384 e. The highest BCUT2D eigenvalue weighted by Gasteiger charge is 2.49. The third-order valence-electron chi connectivity index (χ3n) is 17.2. The monoisotopic (exact) mass is 957 g/mol. The van der Waals surface area contributed by atoms with E-state index < -0.39 is 17.4 Å². The number of hydrogen-bond acceptors (Lipinski definition) is 10. The number of piperidine rings is 2. The molecule has 2 aliphatic carbocycles. The molecule has 6 heterocycles. The number of aryl methyl sites for hydroxylation is 1. The van der Waals surface area contributed by atoms with Gasteiger partial charge >= 0.3 is 0 Å². The zero-order chi connectivity index (χ0) is 49.7. The number of hydrogen-bond donors (Lipinski definition) is 2. The van der Waals surface area contributed by atoms with E-state index in [1.54, 1.807) is 4.90 Å². The fourth-order valence-corrected chi connectivity index (χ4v) is 12.7. The zero-order valence-electron chi connectivity index (χ0n) is 42.7. The van der Waals surface area contributed by atoms with Crippen LogP contribution in [0.3, 0.4) is 0 Å². The van der Waals surface area contributed by atoms with Crippen LogP contribution in [0.1, 0.15) is 136 Å². The van der Waals surface area contributed by atoms with E-state index in [9.17, 15) is 19.2 Å². The van der Waals surface area contributed by atoms with Gasteiger partial charge in [0.25, 0.3) is 0 Å². The Morgan fingerprint density at radius 1 is 0.930 bits per heavy atom. The summed E-state index contributed by atoms with van der Waals surface area (Å²) in [6, 6.07) is 18.9. The summed E-state index contributed by atoms with van der Waals surface area (Å²) in [4.78, 5) is 70.7. The van der Waals surface area contributed by atoms with Crippen molar-refractivity contribution in [2.45, 2.75) is 135 Å². The van der Waals surface area contributed by atoms with Gasteiger partial charge in [-0.15, -0.1) is 0 Å². The van der Waals surface area contributed by atoms with E-state index in [-0.39, 0.29) is 24.0 Å². The molecule has 3 amide bonds. The summed E-state index contributed by atoms with van der Waals surface area (Å²) >= 11 is 0. The molecule has 4 aromatic rings. The molecule has 71 heavy (non-hydrogen) atoms. The van der Waals surface area contributed by atoms with Crippen molar-refractivity contribution < 1.29 is 19.2 Å². The van der Waals surface area contributed by atoms with Gasteiger partial charge < -0.3 is 5.73 Å². The lowest BCUT2D eigenvalue weighted by Gasteiger charge is -2.42. The van der Waals surface area contributed by atoms with Gasteiger partial charge in [-0.3, -0.25) is 49.1 Å². The van der Waals surface area contributed by atoms with Crippen molar-refractivity contribution >= 4 is 41.1 Å². The second-order valence-corrected chi connectivity index (χ2v) is 22.3. The van der Waals surface area contributed by atoms with E-state index in [4.69, 9.17) is 10.7 Å². The molecule has 0 radical (unpaired) electrons. The topological polar surface area (TPSA) is 145 Å². The Labute approximate surface area is 420 Å². The van der Waals surface area contributed by atoms with Crippen molar-refractivity contribution in [3.63, 3.8) is 0 Å². The first-order valence-electron chi connectivity index (χ1n) is 26.3. The van der Waals surface area contributed by atoms with Crippen LogP contribution >= 0.6 is 0 Å². The predicted octanol–water partition coefficient (Wildman–Crippen LogP) is 8.81. The van der Waals surface area contributed by atoms with Gasteiger partial charge in [-0.25, -0.2) is 4.98 Å². The number of ketones is 1. The number of carbonyl (C=O) groups is 4. The third kappa shape index (κ3) is 9.92. The van der Waals surface area contributed by atoms with Crippen LogP contribution in [0.5, 0.6) is 0 Å². The normalized spacial score (nSPS) is 24.8. The van der Waals surface area contributed by atoms with E-state index in [1.165, 1.54) is 27.8 Å². The molecule has 0 saturated carbocycles. The van der Waals surface area contributed by atoms with Gasteiger partial charge in [0.2, 0.25) is 17.7 Å². The number of aromatic nitrogens is 2. The van der Waals surface area contributed by atoms with Crippen LogP contribution in [0.25, 0.3) is 17.2 Å². The van der Waals surface area contributed by atoms with Crippen molar-refractivity contribution in [2.75, 3.05) is 49.9 Å². The average Bonchev–Trinajstić information content (AvgIpc) is 3.54. The number of anilines is 2. The number of pyridine rings is 2. The van der Waals surface area contributed by atoms with Crippen LogP contribution in [0, 0.1) is 18.8 Å². The van der Waals surface area contributed by atoms with E-state index in [0.717, 1.165) is 124 Å². The minimum Gasteiger partial charge on any atom is -0.384 e. The van der Waals surface area contributed by atoms with Gasteiger partial charge in [0, 0.05) is 98.1 Å². The molecule has 6 aliphatic rings. The fraction of sp³-hybridized carbons (Fsp3) is 0.492. The van der Waals surface area contributed by atoms with Crippen LogP contribution in [-0.4, -0.2) is 106 Å². The maximum atomic E-state index is 13.8. The number of allylic oxidation sites excluding steroid dienone is 2. The quantitative estimate of drug-likeness (QED) is 0.0803. The first-order valence-corrected chi connectivity index (χ1v) is 26.3. The second-order valence-electron chi connectivity index (χ2n) is 22.3. The number of carbonyl (C=O) groups excluding carboxylic acids is 4. The number of nitrogens with two attached hydrogens (primary N) is 1. The van der Waals surface area contributed by atoms with Crippen molar-refractivity contribution in [3.05, 3.63) is 123 Å². The molecule has 12 nitrogen and oxygen atoms in total. The maximum Gasteiger partial charge on any atom is 0.249 e. The lowest BCUT2D eigenvalue weighted by atomic mass is 9.80. The molecule has 4 aliphatic heterocycles. The van der Waals surface area contributed by atoms with Crippen LogP contribution in [0.15, 0.2) is 84.2 Å². The van der Waals surface area contributed by atoms with Crippen molar-refractivity contribution in [1.82, 2.24) is 30.0 Å². The molecule has 5 atom stereocenters. The van der Waals surface area contributed by atoms with Gasteiger partial charge in [-0.05, 0) is 168 Å². The number of rotatable bonds is 12. The minimum absolute atomic E-state index is 0.0891. The van der Waals surface area contributed by atoms with Crippen LogP contribution in [-0.2, 0) is 32.8 Å². The molecule has 2 aromatic heterocycles. The summed E-state index contributed by atoms with van der Waals surface area (Å²) in [7, 11) is 0. The number of likely N-dealkylation sites (tertiary alicyclic amines) is 1. The Morgan fingerprint density at radius 2 is 1.72 bits per heavy atom. The molecule has 0 bridgehead atoms. The van der Waals surface area contributed by atoms with Crippen LogP contribution in [0.4, 0.5) is 11.5 Å². The SMILES string of the molecule is Cc1cc2c(cc1CN1CCN(CC3CC=C(CC(=O)c4ccc(C5CCN(C(C)C6=Cc7c(-c8ccc(N)nc8)ccnc7CC6C)CC5)cc4)CC3)[C@@H](C)C1)C(C)(C)C(=O)N2C1CCC(=O)NC1=O. The first kappa shape index (κ1) is 48.8. The Morgan fingerprint density at radius 3 is 2.42 bits per heavy atom. The molecule has 10 rings (SSSR count). The van der Waals surface area contributed by atoms with Gasteiger partial charge in [-0.2, -0.15) is 0 Å². The van der Waals surface area contributed by atoms with Crippen LogP contribution in [0.2, 0.25) is 0 Å². The third-order valence-corrected chi connectivity index (χ3v) is 17.2. The first-order chi connectivity index (χ1) is 34.1. The van der Waals surface area contributed by atoms with Gasteiger partial charge in [0.05, 0.1) is 5.41 Å². The van der Waals surface area contributed by atoms with Crippen molar-refractivity contribution in [2.24, 2.45) is 11.8 Å². The lowest BCUT2D eigenvalue weighted by molar-refractivity contribution is -0.136. The number of amides is 3. The number of Topliss-reactive ketones (excluding diaryl/α,β-unsaturated/α-hetero) is 1. The van der Waals surface area contributed by atoms with E-state index in [1.807, 2.05) is 38.4 Å². The molecule has 3 fully saturated rings. The number of nitrogens with one attached hydrogen (secondary N) is 1. The summed E-state index contributed by atoms with van der Waals surface area (Å²) in [6.45, 7) is 20.0. The van der Waals surface area contributed by atoms with Gasteiger partial charge in [0.1, 0.15) is 11.9 Å². The molecule has 3 N–H and O–H groups in total. The molecular weight excluding hydrogens is 885 g/mol. The molecular formula is C59H72N8O4. The molecule has 4 unspecified atom stereocenters. The fourth-order valence-electron chi connectivity index (χ4n) is 12.7. The Hall–Kier alpha value is -5.82. The number of imide groups is 1. The molecule has 12 heteroatoms.